The minimum absolute atomic E-state index is 0.480. The van der Waals surface area contributed by atoms with Gasteiger partial charge in [0.2, 0.25) is 5.95 Å². The zero-order chi connectivity index (χ0) is 12.5. The normalized spacial score (nSPS) is 25.4. The van der Waals surface area contributed by atoms with Crippen molar-refractivity contribution in [1.82, 2.24) is 19.5 Å². The molecule has 2 unspecified atom stereocenters. The number of likely N-dealkylation sites (tertiary alicyclic amines) is 1. The Kier molecular flexibility index (Phi) is 2.91. The second-order valence-electron chi connectivity index (χ2n) is 5.13. The predicted octanol–water partition coefficient (Wildman–Crippen LogP) is 1.62. The van der Waals surface area contributed by atoms with Crippen LogP contribution in [0.3, 0.4) is 0 Å². The lowest BCUT2D eigenvalue weighted by atomic mass is 9.99. The standard InChI is InChI=1S/C13H19N5/c1-10-9-11(6-8-17(10)2)14-13-15-12-5-3-4-7-18(12)16-13/h3-5,7,10-11H,6,8-9H2,1-2H3,(H,14,16). The van der Waals surface area contributed by atoms with Crippen molar-refractivity contribution >= 4 is 11.6 Å². The van der Waals surface area contributed by atoms with E-state index >= 15 is 0 Å². The molecule has 1 N–H and O–H groups in total. The third-order valence-electron chi connectivity index (χ3n) is 3.78. The van der Waals surface area contributed by atoms with E-state index in [-0.39, 0.29) is 0 Å². The van der Waals surface area contributed by atoms with Gasteiger partial charge in [0.25, 0.3) is 0 Å². The molecular weight excluding hydrogens is 226 g/mol. The van der Waals surface area contributed by atoms with Gasteiger partial charge in [0.15, 0.2) is 5.65 Å². The van der Waals surface area contributed by atoms with Crippen LogP contribution < -0.4 is 5.32 Å². The molecule has 0 aromatic carbocycles. The molecule has 2 aromatic heterocycles. The van der Waals surface area contributed by atoms with Gasteiger partial charge in [0, 0.05) is 24.8 Å². The highest BCUT2D eigenvalue weighted by Crippen LogP contribution is 2.18. The van der Waals surface area contributed by atoms with Gasteiger partial charge < -0.3 is 10.2 Å². The first-order valence-corrected chi connectivity index (χ1v) is 6.50. The lowest BCUT2D eigenvalue weighted by molar-refractivity contribution is 0.190. The molecular formula is C13H19N5. The number of pyridine rings is 1. The molecule has 5 nitrogen and oxygen atoms in total. The molecule has 0 aliphatic carbocycles. The minimum atomic E-state index is 0.480. The van der Waals surface area contributed by atoms with Crippen molar-refractivity contribution in [3.8, 4) is 0 Å². The average molecular weight is 245 g/mol. The fourth-order valence-electron chi connectivity index (χ4n) is 2.50. The molecule has 0 radical (unpaired) electrons. The van der Waals surface area contributed by atoms with Crippen molar-refractivity contribution < 1.29 is 0 Å². The Hall–Kier alpha value is -1.62. The monoisotopic (exact) mass is 245 g/mol. The number of anilines is 1. The van der Waals surface area contributed by atoms with Crippen LogP contribution in [0.4, 0.5) is 5.95 Å². The summed E-state index contributed by atoms with van der Waals surface area (Å²) in [6.45, 7) is 3.40. The summed E-state index contributed by atoms with van der Waals surface area (Å²) < 4.78 is 1.81. The quantitative estimate of drug-likeness (QED) is 0.873. The van der Waals surface area contributed by atoms with Crippen LogP contribution >= 0.6 is 0 Å². The molecule has 0 amide bonds. The molecule has 1 aliphatic heterocycles. The van der Waals surface area contributed by atoms with Crippen LogP contribution in [-0.4, -0.2) is 45.2 Å². The maximum atomic E-state index is 4.48. The Morgan fingerprint density at radius 3 is 3.06 bits per heavy atom. The summed E-state index contributed by atoms with van der Waals surface area (Å²) in [6.07, 6.45) is 4.22. The van der Waals surface area contributed by atoms with Crippen LogP contribution in [0.15, 0.2) is 24.4 Å². The highest BCUT2D eigenvalue weighted by molar-refractivity contribution is 5.43. The van der Waals surface area contributed by atoms with Gasteiger partial charge in [-0.1, -0.05) is 6.07 Å². The number of nitrogens with one attached hydrogen (secondary N) is 1. The van der Waals surface area contributed by atoms with Crippen molar-refractivity contribution in [2.45, 2.75) is 31.8 Å². The van der Waals surface area contributed by atoms with E-state index in [1.807, 2.05) is 24.4 Å². The predicted molar refractivity (Wildman–Crippen MR) is 71.7 cm³/mol. The topological polar surface area (TPSA) is 45.5 Å². The van der Waals surface area contributed by atoms with E-state index in [0.29, 0.717) is 12.1 Å². The average Bonchev–Trinajstić information content (AvgIpc) is 2.76. The smallest absolute Gasteiger partial charge is 0.243 e. The Labute approximate surface area is 107 Å². The first-order valence-electron chi connectivity index (χ1n) is 6.50. The van der Waals surface area contributed by atoms with Crippen molar-refractivity contribution in [3.05, 3.63) is 24.4 Å². The summed E-state index contributed by atoms with van der Waals surface area (Å²) in [6, 6.07) is 7.01. The van der Waals surface area contributed by atoms with Crippen molar-refractivity contribution in [3.63, 3.8) is 0 Å². The number of nitrogens with zero attached hydrogens (tertiary/aromatic N) is 4. The molecule has 5 heteroatoms. The number of fused-ring (bicyclic) bond motifs is 1. The first-order chi connectivity index (χ1) is 8.72. The van der Waals surface area contributed by atoms with Gasteiger partial charge in [-0.3, -0.25) is 0 Å². The van der Waals surface area contributed by atoms with Crippen molar-refractivity contribution in [1.29, 1.82) is 0 Å². The SMILES string of the molecule is CC1CC(Nc2nc3ccccn3n2)CCN1C. The van der Waals surface area contributed by atoms with Crippen LogP contribution in [0, 0.1) is 0 Å². The lowest BCUT2D eigenvalue weighted by Gasteiger charge is -2.35. The van der Waals surface area contributed by atoms with Crippen molar-refractivity contribution in [2.75, 3.05) is 18.9 Å². The van der Waals surface area contributed by atoms with E-state index in [1.165, 1.54) is 0 Å². The summed E-state index contributed by atoms with van der Waals surface area (Å²) >= 11 is 0. The molecule has 18 heavy (non-hydrogen) atoms. The Balaban J connectivity index is 1.72. The van der Waals surface area contributed by atoms with E-state index < -0.39 is 0 Å². The Morgan fingerprint density at radius 1 is 1.39 bits per heavy atom. The van der Waals surface area contributed by atoms with Gasteiger partial charge >= 0.3 is 0 Å². The highest BCUT2D eigenvalue weighted by Gasteiger charge is 2.23. The molecule has 0 spiro atoms. The van der Waals surface area contributed by atoms with Crippen molar-refractivity contribution in [2.24, 2.45) is 0 Å². The van der Waals surface area contributed by atoms with Crippen LogP contribution in [0.1, 0.15) is 19.8 Å². The lowest BCUT2D eigenvalue weighted by Crippen LogP contribution is -2.42. The zero-order valence-electron chi connectivity index (χ0n) is 10.9. The van der Waals surface area contributed by atoms with E-state index in [2.05, 4.69) is 34.3 Å². The molecule has 0 saturated carbocycles. The fourth-order valence-corrected chi connectivity index (χ4v) is 2.50. The second-order valence-corrected chi connectivity index (χ2v) is 5.13. The maximum absolute atomic E-state index is 4.48. The highest BCUT2D eigenvalue weighted by atomic mass is 15.3. The Morgan fingerprint density at radius 2 is 2.28 bits per heavy atom. The summed E-state index contributed by atoms with van der Waals surface area (Å²) in [5, 5.41) is 7.88. The third kappa shape index (κ3) is 2.18. The van der Waals surface area contributed by atoms with Crippen LogP contribution in [-0.2, 0) is 0 Å². The molecule has 1 fully saturated rings. The number of aromatic nitrogens is 3. The molecule has 2 atom stereocenters. The van der Waals surface area contributed by atoms with Crippen LogP contribution in [0.2, 0.25) is 0 Å². The van der Waals surface area contributed by atoms with Gasteiger partial charge in [-0.05, 0) is 38.9 Å². The van der Waals surface area contributed by atoms with E-state index in [4.69, 9.17) is 0 Å². The summed E-state index contributed by atoms with van der Waals surface area (Å²) in [7, 11) is 2.18. The molecule has 1 saturated heterocycles. The maximum Gasteiger partial charge on any atom is 0.243 e. The number of hydrogen-bond acceptors (Lipinski definition) is 4. The number of hydrogen-bond donors (Lipinski definition) is 1. The second kappa shape index (κ2) is 4.57. The molecule has 0 bridgehead atoms. The molecule has 3 rings (SSSR count). The van der Waals surface area contributed by atoms with Crippen LogP contribution in [0.25, 0.3) is 5.65 Å². The van der Waals surface area contributed by atoms with Gasteiger partial charge in [0.1, 0.15) is 0 Å². The first kappa shape index (κ1) is 11.5. The zero-order valence-corrected chi connectivity index (χ0v) is 10.9. The van der Waals surface area contributed by atoms with Gasteiger partial charge in [0.05, 0.1) is 0 Å². The Bertz CT molecular complexity index is 502. The fraction of sp³-hybridized carbons (Fsp3) is 0.538. The minimum Gasteiger partial charge on any atom is -0.350 e. The molecule has 2 aromatic rings. The van der Waals surface area contributed by atoms with Gasteiger partial charge in [-0.25, -0.2) is 4.52 Å². The third-order valence-corrected chi connectivity index (χ3v) is 3.78. The largest absolute Gasteiger partial charge is 0.350 e. The van der Waals surface area contributed by atoms with Gasteiger partial charge in [-0.15, -0.1) is 5.10 Å². The molecule has 3 heterocycles. The van der Waals surface area contributed by atoms with E-state index in [1.54, 1.807) is 4.52 Å². The van der Waals surface area contributed by atoms with Gasteiger partial charge in [-0.2, -0.15) is 4.98 Å². The molecule has 96 valence electrons. The summed E-state index contributed by atoms with van der Waals surface area (Å²) in [4.78, 5) is 6.88. The summed E-state index contributed by atoms with van der Waals surface area (Å²) in [5.74, 6) is 0.739. The van der Waals surface area contributed by atoms with E-state index in [0.717, 1.165) is 31.0 Å². The van der Waals surface area contributed by atoms with Crippen LogP contribution in [0.5, 0.6) is 0 Å². The number of piperidine rings is 1. The number of rotatable bonds is 2. The molecule has 1 aliphatic rings. The summed E-state index contributed by atoms with van der Waals surface area (Å²) in [5.41, 5.74) is 0.890. The van der Waals surface area contributed by atoms with E-state index in [9.17, 15) is 0 Å².